The molecule has 1 aliphatic rings. The summed E-state index contributed by atoms with van der Waals surface area (Å²) in [5.74, 6) is -0.883. The molecular formula is C9H16N2O2. The van der Waals surface area contributed by atoms with Gasteiger partial charge in [-0.3, -0.25) is 0 Å². The summed E-state index contributed by atoms with van der Waals surface area (Å²) in [6.45, 7) is 4.94. The maximum Gasteiger partial charge on any atom is 0.329 e. The lowest BCUT2D eigenvalue weighted by atomic mass is 10.2. The van der Waals surface area contributed by atoms with E-state index in [1.165, 1.54) is 6.08 Å². The first-order chi connectivity index (χ1) is 6.09. The molecule has 0 spiro atoms. The number of aliphatic carboxylic acids is 1. The Hall–Kier alpha value is -1.03. The second kappa shape index (κ2) is 4.28. The van der Waals surface area contributed by atoms with Crippen LogP contribution in [-0.4, -0.2) is 53.6 Å². The first-order valence-electron chi connectivity index (χ1n) is 4.45. The first kappa shape index (κ1) is 10.1. The molecule has 1 rings (SSSR count). The van der Waals surface area contributed by atoms with Gasteiger partial charge in [0.05, 0.1) is 0 Å². The molecule has 0 aliphatic carbocycles. The molecule has 0 radical (unpaired) electrons. The fraction of sp³-hybridized carbons (Fsp3) is 0.667. The minimum Gasteiger partial charge on any atom is -0.478 e. The Morgan fingerprint density at radius 3 is 2.77 bits per heavy atom. The molecule has 1 saturated heterocycles. The molecule has 1 fully saturated rings. The van der Waals surface area contributed by atoms with Crippen molar-refractivity contribution in [2.45, 2.75) is 13.0 Å². The van der Waals surface area contributed by atoms with Crippen molar-refractivity contribution in [3.63, 3.8) is 0 Å². The summed E-state index contributed by atoms with van der Waals surface area (Å²) in [5, 5.41) is 8.44. The summed E-state index contributed by atoms with van der Waals surface area (Å²) in [4.78, 5) is 14.6. The maximum atomic E-state index is 10.3. The molecule has 74 valence electrons. The molecule has 1 unspecified atom stereocenters. The summed E-state index contributed by atoms with van der Waals surface area (Å²) in [7, 11) is 2.09. The van der Waals surface area contributed by atoms with Crippen molar-refractivity contribution >= 4 is 5.97 Å². The van der Waals surface area contributed by atoms with E-state index in [-0.39, 0.29) is 0 Å². The zero-order valence-electron chi connectivity index (χ0n) is 8.10. The van der Waals surface area contributed by atoms with E-state index in [2.05, 4.69) is 18.9 Å². The van der Waals surface area contributed by atoms with Crippen LogP contribution in [0.5, 0.6) is 0 Å². The van der Waals surface area contributed by atoms with Crippen molar-refractivity contribution in [1.82, 2.24) is 9.80 Å². The molecule has 13 heavy (non-hydrogen) atoms. The van der Waals surface area contributed by atoms with Crippen molar-refractivity contribution in [3.8, 4) is 0 Å². The molecule has 0 amide bonds. The van der Waals surface area contributed by atoms with Crippen LogP contribution in [0.25, 0.3) is 0 Å². The second-order valence-electron chi connectivity index (χ2n) is 3.48. The Balaban J connectivity index is 2.42. The largest absolute Gasteiger partial charge is 0.478 e. The molecule has 0 saturated carbocycles. The van der Waals surface area contributed by atoms with Gasteiger partial charge in [-0.15, -0.1) is 0 Å². The number of carbonyl (C=O) groups is 1. The van der Waals surface area contributed by atoms with E-state index in [4.69, 9.17) is 5.11 Å². The number of rotatable bonds is 2. The summed E-state index contributed by atoms with van der Waals surface area (Å²) < 4.78 is 0. The van der Waals surface area contributed by atoms with Crippen LogP contribution in [0.1, 0.15) is 6.92 Å². The van der Waals surface area contributed by atoms with E-state index in [1.807, 2.05) is 4.90 Å². The standard InChI is InChI=1S/C9H16N2O2/c1-8-7-11(4-3-9(12)13)6-5-10(8)2/h3-4,8H,5-7H2,1-2H3,(H,12,13). The number of nitrogens with zero attached hydrogens (tertiary/aromatic N) is 2. The van der Waals surface area contributed by atoms with Gasteiger partial charge in [0.25, 0.3) is 0 Å². The van der Waals surface area contributed by atoms with Crippen LogP contribution >= 0.6 is 0 Å². The zero-order chi connectivity index (χ0) is 9.84. The van der Waals surface area contributed by atoms with Gasteiger partial charge in [0.1, 0.15) is 0 Å². The van der Waals surface area contributed by atoms with Crippen molar-refractivity contribution in [1.29, 1.82) is 0 Å². The van der Waals surface area contributed by atoms with Gasteiger partial charge in [0.2, 0.25) is 0 Å². The summed E-state index contributed by atoms with van der Waals surface area (Å²) in [6.07, 6.45) is 2.85. The first-order valence-corrected chi connectivity index (χ1v) is 4.45. The normalized spacial score (nSPS) is 25.4. The quantitative estimate of drug-likeness (QED) is 0.623. The third-order valence-corrected chi connectivity index (χ3v) is 2.42. The zero-order valence-corrected chi connectivity index (χ0v) is 8.10. The predicted molar refractivity (Wildman–Crippen MR) is 50.4 cm³/mol. The monoisotopic (exact) mass is 184 g/mol. The Kier molecular flexibility index (Phi) is 3.31. The molecule has 0 aromatic heterocycles. The molecule has 1 atom stereocenters. The van der Waals surface area contributed by atoms with Gasteiger partial charge in [-0.1, -0.05) is 0 Å². The van der Waals surface area contributed by atoms with E-state index in [0.717, 1.165) is 19.6 Å². The fourth-order valence-electron chi connectivity index (χ4n) is 1.38. The van der Waals surface area contributed by atoms with Crippen molar-refractivity contribution in [3.05, 3.63) is 12.3 Å². The van der Waals surface area contributed by atoms with Crippen molar-refractivity contribution in [2.24, 2.45) is 0 Å². The van der Waals surface area contributed by atoms with Crippen LogP contribution in [0.4, 0.5) is 0 Å². The molecule has 1 N–H and O–H groups in total. The van der Waals surface area contributed by atoms with Crippen LogP contribution < -0.4 is 0 Å². The summed E-state index contributed by atoms with van der Waals surface area (Å²) >= 11 is 0. The SMILES string of the molecule is CC1CN(C=CC(=O)O)CCN1C. The van der Waals surface area contributed by atoms with Gasteiger partial charge in [-0.25, -0.2) is 4.79 Å². The lowest BCUT2D eigenvalue weighted by molar-refractivity contribution is -0.131. The van der Waals surface area contributed by atoms with Crippen LogP contribution in [0.2, 0.25) is 0 Å². The van der Waals surface area contributed by atoms with Crippen LogP contribution in [0.3, 0.4) is 0 Å². The van der Waals surface area contributed by atoms with Gasteiger partial charge in [0.15, 0.2) is 0 Å². The highest BCUT2D eigenvalue weighted by Gasteiger charge is 2.17. The average molecular weight is 184 g/mol. The third kappa shape index (κ3) is 3.06. The number of carboxylic acid groups (broad SMARTS) is 1. The number of hydrogen-bond acceptors (Lipinski definition) is 3. The molecule has 1 aliphatic heterocycles. The predicted octanol–water partition coefficient (Wildman–Crippen LogP) is 0.221. The molecule has 0 bridgehead atoms. The molecule has 1 heterocycles. The number of hydrogen-bond donors (Lipinski definition) is 1. The molecule has 4 nitrogen and oxygen atoms in total. The Labute approximate surface area is 78.4 Å². The Morgan fingerprint density at radius 1 is 1.54 bits per heavy atom. The maximum absolute atomic E-state index is 10.3. The van der Waals surface area contributed by atoms with Gasteiger partial charge in [-0.2, -0.15) is 0 Å². The van der Waals surface area contributed by atoms with Crippen molar-refractivity contribution < 1.29 is 9.90 Å². The van der Waals surface area contributed by atoms with E-state index < -0.39 is 5.97 Å². The van der Waals surface area contributed by atoms with Crippen LogP contribution in [0, 0.1) is 0 Å². The lowest BCUT2D eigenvalue weighted by Crippen LogP contribution is -2.47. The highest BCUT2D eigenvalue weighted by molar-refractivity contribution is 5.79. The molecule has 4 heteroatoms. The number of piperazine rings is 1. The number of carboxylic acids is 1. The van der Waals surface area contributed by atoms with Gasteiger partial charge < -0.3 is 14.9 Å². The van der Waals surface area contributed by atoms with E-state index >= 15 is 0 Å². The highest BCUT2D eigenvalue weighted by atomic mass is 16.4. The minimum atomic E-state index is -0.883. The van der Waals surface area contributed by atoms with Crippen LogP contribution in [-0.2, 0) is 4.79 Å². The second-order valence-corrected chi connectivity index (χ2v) is 3.48. The lowest BCUT2D eigenvalue weighted by Gasteiger charge is -2.36. The summed E-state index contributed by atoms with van der Waals surface area (Å²) in [6, 6.07) is 0.493. The van der Waals surface area contributed by atoms with E-state index in [1.54, 1.807) is 6.20 Å². The smallest absolute Gasteiger partial charge is 0.329 e. The van der Waals surface area contributed by atoms with E-state index in [9.17, 15) is 4.79 Å². The Morgan fingerprint density at radius 2 is 2.23 bits per heavy atom. The fourth-order valence-corrected chi connectivity index (χ4v) is 1.38. The third-order valence-electron chi connectivity index (χ3n) is 2.42. The molecule has 0 aromatic carbocycles. The Bertz CT molecular complexity index is 216. The molecular weight excluding hydrogens is 168 g/mol. The highest BCUT2D eigenvalue weighted by Crippen LogP contribution is 2.06. The summed E-state index contributed by atoms with van der Waals surface area (Å²) in [5.41, 5.74) is 0. The number of likely N-dealkylation sites (N-methyl/N-ethyl adjacent to an activating group) is 1. The van der Waals surface area contributed by atoms with Gasteiger partial charge in [-0.05, 0) is 14.0 Å². The topological polar surface area (TPSA) is 43.8 Å². The van der Waals surface area contributed by atoms with Gasteiger partial charge in [0, 0.05) is 38.0 Å². The average Bonchev–Trinajstić information content (AvgIpc) is 2.07. The van der Waals surface area contributed by atoms with Gasteiger partial charge >= 0.3 is 5.97 Å². The van der Waals surface area contributed by atoms with Crippen LogP contribution in [0.15, 0.2) is 12.3 Å². The molecule has 0 aromatic rings. The van der Waals surface area contributed by atoms with Crippen molar-refractivity contribution in [2.75, 3.05) is 26.7 Å². The van der Waals surface area contributed by atoms with E-state index in [0.29, 0.717) is 6.04 Å². The minimum absolute atomic E-state index is 0.493.